The first kappa shape index (κ1) is 12.5. The van der Waals surface area contributed by atoms with E-state index in [1.54, 1.807) is 7.11 Å². The van der Waals surface area contributed by atoms with Gasteiger partial charge in [-0.25, -0.2) is 0 Å². The van der Waals surface area contributed by atoms with E-state index in [4.69, 9.17) is 9.47 Å². The predicted octanol–water partition coefficient (Wildman–Crippen LogP) is 2.95. The lowest BCUT2D eigenvalue weighted by molar-refractivity contribution is 0.0489. The highest BCUT2D eigenvalue weighted by molar-refractivity contribution is 14.1. The van der Waals surface area contributed by atoms with Crippen molar-refractivity contribution in [2.45, 2.75) is 42.8 Å². The molecule has 1 rings (SSSR count). The molecule has 0 spiro atoms. The molecule has 0 aromatic carbocycles. The van der Waals surface area contributed by atoms with Crippen molar-refractivity contribution in [1.29, 1.82) is 0 Å². The minimum atomic E-state index is 0.190. The quantitative estimate of drug-likeness (QED) is 0.451. The average molecular weight is 310 g/mol. The molecule has 0 bridgehead atoms. The molecule has 1 aliphatic carbocycles. The summed E-state index contributed by atoms with van der Waals surface area (Å²) in [5.41, 5.74) is 1.32. The third kappa shape index (κ3) is 3.21. The fourth-order valence-corrected chi connectivity index (χ4v) is 2.51. The summed E-state index contributed by atoms with van der Waals surface area (Å²) in [6.45, 7) is 4.92. The number of allylic oxidation sites excluding steroid dienone is 1. The molecule has 2 nitrogen and oxygen atoms in total. The molecule has 14 heavy (non-hydrogen) atoms. The van der Waals surface area contributed by atoms with Crippen LogP contribution < -0.4 is 0 Å². The van der Waals surface area contributed by atoms with Crippen LogP contribution in [0.5, 0.6) is 0 Å². The Morgan fingerprint density at radius 2 is 2.36 bits per heavy atom. The van der Waals surface area contributed by atoms with Crippen LogP contribution in [0.15, 0.2) is 11.6 Å². The lowest BCUT2D eigenvalue weighted by Crippen LogP contribution is -2.30. The molecular weight excluding hydrogens is 291 g/mol. The van der Waals surface area contributed by atoms with Crippen LogP contribution in [0.1, 0.15) is 26.7 Å². The van der Waals surface area contributed by atoms with E-state index >= 15 is 0 Å². The van der Waals surface area contributed by atoms with Gasteiger partial charge in [-0.3, -0.25) is 0 Å². The largest absolute Gasteiger partial charge is 0.377 e. The first-order valence-corrected chi connectivity index (χ1v) is 6.42. The van der Waals surface area contributed by atoms with Crippen LogP contribution in [0.25, 0.3) is 0 Å². The molecule has 3 heteroatoms. The Hall–Kier alpha value is 0.390. The van der Waals surface area contributed by atoms with Crippen molar-refractivity contribution in [2.24, 2.45) is 0 Å². The lowest BCUT2D eigenvalue weighted by atomic mass is 9.93. The van der Waals surface area contributed by atoms with Crippen molar-refractivity contribution in [1.82, 2.24) is 0 Å². The first-order chi connectivity index (χ1) is 6.69. The van der Waals surface area contributed by atoms with Crippen molar-refractivity contribution in [3.63, 3.8) is 0 Å². The SMILES string of the molecule is CCO[C@H]1C[C@@H](I)CC=C1C(C)OC. The molecule has 0 aliphatic heterocycles. The summed E-state index contributed by atoms with van der Waals surface area (Å²) >= 11 is 2.49. The Morgan fingerprint density at radius 1 is 1.64 bits per heavy atom. The van der Waals surface area contributed by atoms with Gasteiger partial charge in [-0.1, -0.05) is 28.7 Å². The number of hydrogen-bond acceptors (Lipinski definition) is 2. The molecule has 0 saturated heterocycles. The van der Waals surface area contributed by atoms with Crippen LogP contribution in [0.2, 0.25) is 0 Å². The Balaban J connectivity index is 2.67. The second-order valence-corrected chi connectivity index (χ2v) is 5.36. The van der Waals surface area contributed by atoms with Crippen LogP contribution in [-0.4, -0.2) is 29.8 Å². The number of hydrogen-bond donors (Lipinski definition) is 0. The zero-order chi connectivity index (χ0) is 10.6. The van der Waals surface area contributed by atoms with E-state index in [0.717, 1.165) is 19.4 Å². The summed E-state index contributed by atoms with van der Waals surface area (Å²) < 4.78 is 11.8. The summed E-state index contributed by atoms with van der Waals surface area (Å²) in [6.07, 6.45) is 5.01. The molecule has 1 unspecified atom stereocenters. The van der Waals surface area contributed by atoms with Crippen molar-refractivity contribution in [2.75, 3.05) is 13.7 Å². The van der Waals surface area contributed by atoms with Crippen molar-refractivity contribution in [3.8, 4) is 0 Å². The molecule has 3 atom stereocenters. The molecule has 0 N–H and O–H groups in total. The fraction of sp³-hybridized carbons (Fsp3) is 0.818. The Morgan fingerprint density at radius 3 is 2.93 bits per heavy atom. The molecule has 0 fully saturated rings. The number of ether oxygens (including phenoxy) is 2. The van der Waals surface area contributed by atoms with Gasteiger partial charge in [0.2, 0.25) is 0 Å². The van der Waals surface area contributed by atoms with Crippen LogP contribution in [0.3, 0.4) is 0 Å². The number of rotatable bonds is 4. The molecule has 0 heterocycles. The van der Waals surface area contributed by atoms with Crippen LogP contribution in [-0.2, 0) is 9.47 Å². The minimum absolute atomic E-state index is 0.190. The van der Waals surface area contributed by atoms with E-state index in [2.05, 4.69) is 35.6 Å². The van der Waals surface area contributed by atoms with Gasteiger partial charge >= 0.3 is 0 Å². The van der Waals surface area contributed by atoms with Crippen molar-refractivity contribution < 1.29 is 9.47 Å². The van der Waals surface area contributed by atoms with E-state index in [1.165, 1.54) is 5.57 Å². The topological polar surface area (TPSA) is 18.5 Å². The van der Waals surface area contributed by atoms with Crippen molar-refractivity contribution >= 4 is 22.6 Å². The smallest absolute Gasteiger partial charge is 0.0819 e. The third-order valence-electron chi connectivity index (χ3n) is 2.64. The van der Waals surface area contributed by atoms with Gasteiger partial charge in [0, 0.05) is 17.6 Å². The van der Waals surface area contributed by atoms with E-state index in [-0.39, 0.29) is 12.2 Å². The maximum Gasteiger partial charge on any atom is 0.0819 e. The standard InChI is InChI=1S/C11H19IO2/c1-4-14-11-7-9(12)5-6-10(11)8(2)13-3/h6,8-9,11H,4-5,7H2,1-3H3/t8?,9-,11-/m0/s1. The average Bonchev–Trinajstić information content (AvgIpc) is 2.17. The molecule has 0 saturated carbocycles. The van der Waals surface area contributed by atoms with E-state index in [1.807, 2.05) is 6.92 Å². The minimum Gasteiger partial charge on any atom is -0.377 e. The molecule has 0 radical (unpaired) electrons. The Labute approximate surface area is 100 Å². The van der Waals surface area contributed by atoms with Crippen molar-refractivity contribution in [3.05, 3.63) is 11.6 Å². The number of alkyl halides is 1. The second kappa shape index (κ2) is 6.08. The Bertz CT molecular complexity index is 203. The summed E-state index contributed by atoms with van der Waals surface area (Å²) in [5, 5.41) is 0. The molecule has 1 aliphatic rings. The van der Waals surface area contributed by atoms with Gasteiger partial charge in [-0.05, 0) is 32.3 Å². The number of halogens is 1. The van der Waals surface area contributed by atoms with E-state index in [0.29, 0.717) is 3.92 Å². The maximum atomic E-state index is 5.74. The predicted molar refractivity (Wildman–Crippen MR) is 67.0 cm³/mol. The van der Waals surface area contributed by atoms with Gasteiger partial charge in [0.05, 0.1) is 12.2 Å². The van der Waals surface area contributed by atoms with Gasteiger partial charge in [0.25, 0.3) is 0 Å². The molecule has 0 aromatic heterocycles. The summed E-state index contributed by atoms with van der Waals surface area (Å²) in [5.74, 6) is 0. The summed E-state index contributed by atoms with van der Waals surface area (Å²) in [4.78, 5) is 0. The second-order valence-electron chi connectivity index (χ2n) is 3.59. The normalized spacial score (nSPS) is 29.9. The summed E-state index contributed by atoms with van der Waals surface area (Å²) in [7, 11) is 1.75. The first-order valence-electron chi connectivity index (χ1n) is 5.17. The van der Waals surface area contributed by atoms with Gasteiger partial charge < -0.3 is 9.47 Å². The zero-order valence-electron chi connectivity index (χ0n) is 9.13. The monoisotopic (exact) mass is 310 g/mol. The van der Waals surface area contributed by atoms with Gasteiger partial charge in [-0.15, -0.1) is 0 Å². The van der Waals surface area contributed by atoms with Gasteiger partial charge in [0.15, 0.2) is 0 Å². The van der Waals surface area contributed by atoms with Crippen LogP contribution in [0, 0.1) is 0 Å². The van der Waals surface area contributed by atoms with Gasteiger partial charge in [-0.2, -0.15) is 0 Å². The Kier molecular flexibility index (Phi) is 5.41. The fourth-order valence-electron chi connectivity index (χ4n) is 1.79. The molecule has 82 valence electrons. The van der Waals surface area contributed by atoms with Crippen LogP contribution in [0.4, 0.5) is 0 Å². The highest BCUT2D eigenvalue weighted by Crippen LogP contribution is 2.29. The maximum absolute atomic E-state index is 5.74. The van der Waals surface area contributed by atoms with E-state index < -0.39 is 0 Å². The highest BCUT2D eigenvalue weighted by Gasteiger charge is 2.26. The van der Waals surface area contributed by atoms with E-state index in [9.17, 15) is 0 Å². The number of methoxy groups -OCH3 is 1. The molecular formula is C11H19IO2. The zero-order valence-corrected chi connectivity index (χ0v) is 11.3. The van der Waals surface area contributed by atoms with Gasteiger partial charge in [0.1, 0.15) is 0 Å². The molecule has 0 aromatic rings. The lowest BCUT2D eigenvalue weighted by Gasteiger charge is -2.30. The van der Waals surface area contributed by atoms with Crippen LogP contribution >= 0.6 is 22.6 Å². The third-order valence-corrected chi connectivity index (χ3v) is 3.66. The highest BCUT2D eigenvalue weighted by atomic mass is 127. The summed E-state index contributed by atoms with van der Waals surface area (Å²) in [6, 6.07) is 0. The molecule has 0 amide bonds.